The van der Waals surface area contributed by atoms with Crippen LogP contribution in [-0.4, -0.2) is 11.7 Å². The maximum absolute atomic E-state index is 11.8. The molecule has 0 aromatic heterocycles. The van der Waals surface area contributed by atoms with E-state index in [9.17, 15) is 4.79 Å². The summed E-state index contributed by atoms with van der Waals surface area (Å²) in [4.78, 5) is 11.8. The molecular formula is C24H25NO4. The number of rotatable bonds is 6. The van der Waals surface area contributed by atoms with Crippen LogP contribution >= 0.6 is 0 Å². The van der Waals surface area contributed by atoms with E-state index in [2.05, 4.69) is 5.32 Å². The molecule has 29 heavy (non-hydrogen) atoms. The molecule has 0 aliphatic rings. The lowest BCUT2D eigenvalue weighted by atomic mass is 10.2. The highest BCUT2D eigenvalue weighted by Crippen LogP contribution is 2.25. The number of ether oxygens (including phenoxy) is 3. The monoisotopic (exact) mass is 391 g/mol. The summed E-state index contributed by atoms with van der Waals surface area (Å²) in [5.74, 6) is 2.14. The van der Waals surface area contributed by atoms with Gasteiger partial charge in [-0.1, -0.05) is 30.3 Å². The molecule has 5 nitrogen and oxygen atoms in total. The Kier molecular flexibility index (Phi) is 6.39. The van der Waals surface area contributed by atoms with Gasteiger partial charge in [0.2, 0.25) is 0 Å². The molecule has 150 valence electrons. The lowest BCUT2D eigenvalue weighted by molar-refractivity contribution is 0.0636. The van der Waals surface area contributed by atoms with Crippen LogP contribution in [0.15, 0.2) is 78.9 Å². The van der Waals surface area contributed by atoms with Crippen molar-refractivity contribution >= 4 is 11.8 Å². The highest BCUT2D eigenvalue weighted by Gasteiger charge is 2.16. The second-order valence-electron chi connectivity index (χ2n) is 7.50. The quantitative estimate of drug-likeness (QED) is 0.528. The van der Waals surface area contributed by atoms with Gasteiger partial charge in [-0.25, -0.2) is 4.79 Å². The Bertz CT molecular complexity index is 914. The summed E-state index contributed by atoms with van der Waals surface area (Å²) >= 11 is 0. The van der Waals surface area contributed by atoms with Gasteiger partial charge < -0.3 is 14.2 Å². The molecule has 0 aliphatic heterocycles. The van der Waals surface area contributed by atoms with E-state index >= 15 is 0 Å². The average molecular weight is 391 g/mol. The number of nitrogens with one attached hydrogen (secondary N) is 1. The van der Waals surface area contributed by atoms with E-state index in [1.54, 1.807) is 24.3 Å². The Hall–Kier alpha value is -3.47. The van der Waals surface area contributed by atoms with Gasteiger partial charge >= 0.3 is 6.09 Å². The Morgan fingerprint density at radius 2 is 1.34 bits per heavy atom. The van der Waals surface area contributed by atoms with Gasteiger partial charge in [-0.05, 0) is 74.9 Å². The van der Waals surface area contributed by atoms with Gasteiger partial charge in [-0.3, -0.25) is 5.32 Å². The molecule has 3 rings (SSSR count). The van der Waals surface area contributed by atoms with Crippen molar-refractivity contribution in [2.24, 2.45) is 0 Å². The van der Waals surface area contributed by atoms with E-state index in [-0.39, 0.29) is 0 Å². The molecule has 5 heteroatoms. The molecule has 0 saturated heterocycles. The molecule has 1 amide bonds. The van der Waals surface area contributed by atoms with Gasteiger partial charge in [-0.2, -0.15) is 0 Å². The molecule has 0 spiro atoms. The largest absolute Gasteiger partial charge is 0.489 e. The Morgan fingerprint density at radius 3 is 1.93 bits per heavy atom. The molecule has 0 fully saturated rings. The fourth-order valence-corrected chi connectivity index (χ4v) is 2.51. The Balaban J connectivity index is 1.51. The molecule has 0 radical (unpaired) electrons. The van der Waals surface area contributed by atoms with Crippen molar-refractivity contribution in [3.63, 3.8) is 0 Å². The minimum absolute atomic E-state index is 0.489. The van der Waals surface area contributed by atoms with Crippen LogP contribution in [0.3, 0.4) is 0 Å². The Morgan fingerprint density at radius 1 is 0.793 bits per heavy atom. The molecular weight excluding hydrogens is 366 g/mol. The molecule has 0 unspecified atom stereocenters. The van der Waals surface area contributed by atoms with Crippen molar-refractivity contribution in [3.05, 3.63) is 84.4 Å². The summed E-state index contributed by atoms with van der Waals surface area (Å²) in [6.07, 6.45) is -0.489. The van der Waals surface area contributed by atoms with Gasteiger partial charge in [0.25, 0.3) is 0 Å². The van der Waals surface area contributed by atoms with Gasteiger partial charge in [0, 0.05) is 5.69 Å². The fourth-order valence-electron chi connectivity index (χ4n) is 2.51. The summed E-state index contributed by atoms with van der Waals surface area (Å²) < 4.78 is 16.8. The van der Waals surface area contributed by atoms with E-state index in [0.717, 1.165) is 11.3 Å². The standard InChI is InChI=1S/C24H25NO4/c1-24(2,3)29-23(26)25-19-9-11-21(12-10-19)28-22-15-13-20(14-16-22)27-17-18-7-5-4-6-8-18/h4-16H,17H2,1-3H3,(H,25,26). The molecule has 0 heterocycles. The van der Waals surface area contributed by atoms with E-state index in [0.29, 0.717) is 23.8 Å². The number of hydrogen-bond acceptors (Lipinski definition) is 4. The van der Waals surface area contributed by atoms with Crippen LogP contribution in [0, 0.1) is 0 Å². The second kappa shape index (κ2) is 9.15. The highest BCUT2D eigenvalue weighted by atomic mass is 16.6. The van der Waals surface area contributed by atoms with E-state index in [1.165, 1.54) is 0 Å². The number of benzene rings is 3. The van der Waals surface area contributed by atoms with Gasteiger partial charge in [0.15, 0.2) is 0 Å². The lowest BCUT2D eigenvalue weighted by Crippen LogP contribution is -2.27. The minimum atomic E-state index is -0.538. The third-order valence-corrected chi connectivity index (χ3v) is 3.81. The zero-order valence-electron chi connectivity index (χ0n) is 16.8. The smallest absolute Gasteiger partial charge is 0.412 e. The van der Waals surface area contributed by atoms with E-state index in [4.69, 9.17) is 14.2 Å². The number of hydrogen-bond donors (Lipinski definition) is 1. The summed E-state index contributed by atoms with van der Waals surface area (Å²) in [5.41, 5.74) is 1.22. The summed E-state index contributed by atoms with van der Waals surface area (Å²) in [6.45, 7) is 5.98. The molecule has 0 atom stereocenters. The molecule has 0 bridgehead atoms. The van der Waals surface area contributed by atoms with E-state index in [1.807, 2.05) is 75.4 Å². The molecule has 1 N–H and O–H groups in total. The predicted molar refractivity (Wildman–Crippen MR) is 114 cm³/mol. The molecule has 3 aromatic rings. The first kappa shape index (κ1) is 20.3. The zero-order chi connectivity index (χ0) is 20.7. The second-order valence-corrected chi connectivity index (χ2v) is 7.50. The van der Waals surface area contributed by atoms with Crippen LogP contribution in [0.5, 0.6) is 17.2 Å². The van der Waals surface area contributed by atoms with E-state index < -0.39 is 11.7 Å². The maximum atomic E-state index is 11.8. The van der Waals surface area contributed by atoms with Crippen LogP contribution in [-0.2, 0) is 11.3 Å². The fraction of sp³-hybridized carbons (Fsp3) is 0.208. The number of carbonyl (C=O) groups excluding carboxylic acids is 1. The van der Waals surface area contributed by atoms with Crippen molar-refractivity contribution in [2.75, 3.05) is 5.32 Å². The minimum Gasteiger partial charge on any atom is -0.489 e. The number of carbonyl (C=O) groups is 1. The highest BCUT2D eigenvalue weighted by molar-refractivity contribution is 5.84. The van der Waals surface area contributed by atoms with Crippen molar-refractivity contribution in [1.29, 1.82) is 0 Å². The predicted octanol–water partition coefficient (Wildman–Crippen LogP) is 6.40. The van der Waals surface area contributed by atoms with Crippen molar-refractivity contribution in [2.45, 2.75) is 33.0 Å². The first-order chi connectivity index (χ1) is 13.9. The first-order valence-corrected chi connectivity index (χ1v) is 9.42. The Labute approximate surface area is 171 Å². The van der Waals surface area contributed by atoms with Gasteiger partial charge in [-0.15, -0.1) is 0 Å². The van der Waals surface area contributed by atoms with Crippen LogP contribution < -0.4 is 14.8 Å². The van der Waals surface area contributed by atoms with Gasteiger partial charge in [0.05, 0.1) is 0 Å². The summed E-state index contributed by atoms with van der Waals surface area (Å²) in [6, 6.07) is 24.6. The summed E-state index contributed by atoms with van der Waals surface area (Å²) in [5, 5.41) is 2.69. The topological polar surface area (TPSA) is 56.8 Å². The summed E-state index contributed by atoms with van der Waals surface area (Å²) in [7, 11) is 0. The van der Waals surface area contributed by atoms with Crippen LogP contribution in [0.2, 0.25) is 0 Å². The molecule has 0 saturated carbocycles. The lowest BCUT2D eigenvalue weighted by Gasteiger charge is -2.19. The molecule has 0 aliphatic carbocycles. The van der Waals surface area contributed by atoms with Crippen molar-refractivity contribution < 1.29 is 19.0 Å². The first-order valence-electron chi connectivity index (χ1n) is 9.42. The van der Waals surface area contributed by atoms with Crippen LogP contribution in [0.25, 0.3) is 0 Å². The van der Waals surface area contributed by atoms with Gasteiger partial charge in [0.1, 0.15) is 29.5 Å². The van der Waals surface area contributed by atoms with Crippen molar-refractivity contribution in [1.82, 2.24) is 0 Å². The number of anilines is 1. The average Bonchev–Trinajstić information content (AvgIpc) is 2.68. The van der Waals surface area contributed by atoms with Crippen LogP contribution in [0.1, 0.15) is 26.3 Å². The SMILES string of the molecule is CC(C)(C)OC(=O)Nc1ccc(Oc2ccc(OCc3ccccc3)cc2)cc1. The maximum Gasteiger partial charge on any atom is 0.412 e. The third-order valence-electron chi connectivity index (χ3n) is 3.81. The molecule has 3 aromatic carbocycles. The zero-order valence-corrected chi connectivity index (χ0v) is 16.8. The normalized spacial score (nSPS) is 10.9. The van der Waals surface area contributed by atoms with Crippen molar-refractivity contribution in [3.8, 4) is 17.2 Å². The number of amides is 1. The third kappa shape index (κ3) is 6.88. The van der Waals surface area contributed by atoms with Crippen LogP contribution in [0.4, 0.5) is 10.5 Å².